The minimum absolute atomic E-state index is 0.0610. The minimum atomic E-state index is -5.27. The summed E-state index contributed by atoms with van der Waals surface area (Å²) in [6, 6.07) is 15.0. The summed E-state index contributed by atoms with van der Waals surface area (Å²) in [7, 11) is -5.27. The van der Waals surface area contributed by atoms with Crippen molar-refractivity contribution in [3.63, 3.8) is 0 Å². The molecule has 0 bridgehead atoms. The maximum Gasteiger partial charge on any atom is 0.179 e. The van der Waals surface area contributed by atoms with Crippen molar-refractivity contribution < 1.29 is 42.5 Å². The molecule has 0 N–H and O–H groups in total. The third kappa shape index (κ3) is 7.10. The molecule has 0 radical (unpaired) electrons. The Hall–Kier alpha value is -11.5. The van der Waals surface area contributed by atoms with Crippen molar-refractivity contribution in [1.29, 1.82) is 0 Å². The van der Waals surface area contributed by atoms with Crippen LogP contribution < -0.4 is 20.7 Å². The summed E-state index contributed by atoms with van der Waals surface area (Å²) in [5.74, 6) is 0. The molecule has 0 fully saturated rings. The van der Waals surface area contributed by atoms with Crippen LogP contribution in [0.15, 0.2) is 327 Å². The van der Waals surface area contributed by atoms with E-state index in [4.69, 9.17) is 11.0 Å². The molecule has 0 saturated carbocycles. The summed E-state index contributed by atoms with van der Waals surface area (Å²) in [6.45, 7) is 0. The fourth-order valence-corrected chi connectivity index (χ4v) is 17.8. The topological polar surface area (TPSA) is 19.7 Å². The Labute approximate surface area is 557 Å². The van der Waals surface area contributed by atoms with Crippen molar-refractivity contribution in [3.05, 3.63) is 327 Å². The lowest BCUT2D eigenvalue weighted by atomic mass is 9.92. The van der Waals surface area contributed by atoms with E-state index in [1.54, 1.807) is 78.9 Å². The van der Waals surface area contributed by atoms with Crippen LogP contribution in [-0.2, 0) is 0 Å². The third-order valence-corrected chi connectivity index (χ3v) is 21.5. The Morgan fingerprint density at radius 1 is 0.213 bits per heavy atom. The Morgan fingerprint density at radius 2 is 0.596 bits per heavy atom. The van der Waals surface area contributed by atoms with Gasteiger partial charge in [0.2, 0.25) is 0 Å². The monoisotopic (exact) mass is 1180 g/mol. The predicted molar refractivity (Wildman–Crippen MR) is 380 cm³/mol. The zero-order chi connectivity index (χ0) is 85.3. The smallest absolute Gasteiger partial charge is 0.179 e. The second-order valence-corrected chi connectivity index (χ2v) is 25.2. The summed E-state index contributed by atoms with van der Waals surface area (Å²) in [6.07, 6.45) is 0. The molecule has 0 aliphatic heterocycles. The number of nitrogens with zero attached hydrogens (tertiary/aromatic N) is 4. The van der Waals surface area contributed by atoms with Gasteiger partial charge in [-0.05, 0) is 138 Å². The van der Waals surface area contributed by atoms with E-state index in [1.165, 1.54) is 15.2 Å². The molecule has 19 rings (SSSR count). The first-order valence-electron chi connectivity index (χ1n) is 43.8. The average Bonchev–Trinajstić information content (AvgIpc) is 1.55. The largest absolute Gasteiger partial charge is 0.309 e. The Balaban J connectivity index is 0.991. The molecule has 19 aromatic rings. The molecular formula is C84H54N4Si. The second-order valence-electron chi connectivity index (χ2n) is 21.5. The van der Waals surface area contributed by atoms with Gasteiger partial charge in [-0.15, -0.1) is 0 Å². The molecule has 0 unspecified atom stereocenters. The molecule has 0 atom stereocenters. The lowest BCUT2D eigenvalue weighted by molar-refractivity contribution is 1.15. The first-order valence-corrected chi connectivity index (χ1v) is 30.3. The van der Waals surface area contributed by atoms with E-state index < -0.39 is 278 Å². The first kappa shape index (κ1) is 28.3. The van der Waals surface area contributed by atoms with Gasteiger partial charge in [-0.2, -0.15) is 0 Å². The van der Waals surface area contributed by atoms with Crippen LogP contribution in [0.25, 0.3) is 142 Å². The van der Waals surface area contributed by atoms with Gasteiger partial charge in [0.25, 0.3) is 0 Å². The Kier molecular flexibility index (Phi) is 6.13. The van der Waals surface area contributed by atoms with E-state index in [0.717, 1.165) is 25.3 Å². The molecule has 0 saturated heterocycles. The highest BCUT2D eigenvalue weighted by Crippen LogP contribution is 2.45. The molecular weight excluding hydrogens is 1090 g/mol. The number of hydrogen-bond donors (Lipinski definition) is 0. The van der Waals surface area contributed by atoms with Crippen LogP contribution in [-0.4, -0.2) is 26.3 Å². The van der Waals surface area contributed by atoms with Crippen molar-refractivity contribution in [2.24, 2.45) is 0 Å². The predicted octanol–water partition coefficient (Wildman–Crippen LogP) is 18.9. The standard InChI is InChI=1S/C84H54N4Si/c1-3-25-59(26-4-1)89(60-27-5-2-6-28-60,61-29-21-23-55(51-61)85-75-40-16-11-34-66(75)67-35-12-17-41-76(67)85)62-30-22-24-56(52-62)88-81-50-48-72-65-33-8-7-31-63(65)64-32-9-10-39-71(64)83(72)84(81)73-47-45-58(54-82(73)88)87-79-44-20-15-38-70(79)74-53-57(46-49-80(74)87)86-77-42-18-13-36-68(77)69-37-14-19-43-78(69)86/h1-54H/i11D,12D,13D,14D,15D,16D,17D,18D,19D,20D,21D,22D,23D,24D,29D,30D,34D,35D,36D,37D,38D,40D,41D,42D,43D,44D,46D,49D,51D,52D,53D. The highest BCUT2D eigenvalue weighted by molar-refractivity contribution is 7.20. The quantitative estimate of drug-likeness (QED) is 0.0821. The van der Waals surface area contributed by atoms with Gasteiger partial charge < -0.3 is 18.3 Å². The highest BCUT2D eigenvalue weighted by Gasteiger charge is 2.42. The molecule has 0 amide bonds. The van der Waals surface area contributed by atoms with Gasteiger partial charge in [-0.3, -0.25) is 0 Å². The molecule has 0 aliphatic carbocycles. The van der Waals surface area contributed by atoms with Crippen molar-refractivity contribution in [3.8, 4) is 22.7 Å². The summed E-state index contributed by atoms with van der Waals surface area (Å²) in [4.78, 5) is 0. The van der Waals surface area contributed by atoms with E-state index >= 15 is 0 Å². The van der Waals surface area contributed by atoms with Crippen LogP contribution in [0.5, 0.6) is 0 Å². The van der Waals surface area contributed by atoms with Crippen LogP contribution in [0, 0.1) is 0 Å². The van der Waals surface area contributed by atoms with Crippen LogP contribution >= 0.6 is 0 Å². The van der Waals surface area contributed by atoms with Crippen molar-refractivity contribution in [1.82, 2.24) is 18.3 Å². The summed E-state index contributed by atoms with van der Waals surface area (Å²) >= 11 is 0. The van der Waals surface area contributed by atoms with Crippen LogP contribution in [0.1, 0.15) is 42.5 Å². The number of aromatic nitrogens is 4. The van der Waals surface area contributed by atoms with Gasteiger partial charge in [-0.25, -0.2) is 0 Å². The van der Waals surface area contributed by atoms with Crippen molar-refractivity contribution in [2.75, 3.05) is 0 Å². The Bertz CT molecular complexity index is 7830. The third-order valence-electron chi connectivity index (χ3n) is 17.1. The second kappa shape index (κ2) is 19.3. The van der Waals surface area contributed by atoms with Gasteiger partial charge in [0, 0.05) is 71.2 Å². The maximum absolute atomic E-state index is 11.4. The molecule has 4 nitrogen and oxygen atoms in total. The SMILES string of the molecule is [2H]c1c([2H])c(-n2c3cc(-n4c5c([2H])c([2H])c([2H])c([2H])c5c5c([2H])c(-n6c7c([2H])c([2H])c([2H])c([2H])c7c7c([2H])c([2H])c([2H])c([2H])c76)c([2H])c([2H])c54)ccc3c3c4c5ccccc5c5ccccc5c4ccc32)c([2H])c([Si](c2ccccc2)(c2ccccc2)c2c([2H])c([2H])c([2H])c(-n3c4c([2H])c([2H])c([2H])c([2H])c4c4c([2H])c([2H])c([2H])c([2H])c43)c2[2H])c1[2H]. The van der Waals surface area contributed by atoms with Gasteiger partial charge in [0.05, 0.1) is 86.6 Å². The fraction of sp³-hybridized carbons (Fsp3) is 0. The molecule has 0 spiro atoms. The molecule has 0 aliphatic rings. The van der Waals surface area contributed by atoms with E-state index in [0.29, 0.717) is 26.9 Å². The highest BCUT2D eigenvalue weighted by atomic mass is 28.3. The molecule has 4 heterocycles. The maximum atomic E-state index is 11.4. The molecule has 5 heteroatoms. The number of benzene rings is 15. The van der Waals surface area contributed by atoms with Crippen LogP contribution in [0.3, 0.4) is 0 Å². The molecule has 4 aromatic heterocycles. The van der Waals surface area contributed by atoms with E-state index in [1.807, 2.05) is 54.6 Å². The lowest BCUT2D eigenvalue weighted by Gasteiger charge is -2.35. The molecule has 15 aromatic carbocycles. The van der Waals surface area contributed by atoms with Gasteiger partial charge in [-0.1, -0.05) is 236 Å². The Morgan fingerprint density at radius 3 is 1.10 bits per heavy atom. The summed E-state index contributed by atoms with van der Waals surface area (Å²) < 4.78 is 304. The number of fused-ring (bicyclic) bond motifs is 19. The fourth-order valence-electron chi connectivity index (χ4n) is 13.5. The van der Waals surface area contributed by atoms with Crippen molar-refractivity contribution in [2.45, 2.75) is 0 Å². The number of hydrogen-bond acceptors (Lipinski definition) is 0. The lowest BCUT2D eigenvalue weighted by Crippen LogP contribution is -2.74. The van der Waals surface area contributed by atoms with E-state index in [9.17, 15) is 31.5 Å². The summed E-state index contributed by atoms with van der Waals surface area (Å²) in [5, 5.41) is 2.36. The van der Waals surface area contributed by atoms with E-state index in [-0.39, 0.29) is 37.8 Å². The zero-order valence-electron chi connectivity index (χ0n) is 77.1. The molecule has 89 heavy (non-hydrogen) atoms. The molecule has 414 valence electrons. The summed E-state index contributed by atoms with van der Waals surface area (Å²) in [5.41, 5.74) is -4.43. The zero-order valence-corrected chi connectivity index (χ0v) is 47.1. The number of para-hydroxylation sites is 5. The van der Waals surface area contributed by atoms with Crippen LogP contribution in [0.4, 0.5) is 0 Å². The van der Waals surface area contributed by atoms with Gasteiger partial charge in [0.15, 0.2) is 8.07 Å². The number of rotatable bonds is 8. The van der Waals surface area contributed by atoms with Crippen LogP contribution in [0.2, 0.25) is 0 Å². The van der Waals surface area contributed by atoms with Gasteiger partial charge >= 0.3 is 0 Å². The first-order chi connectivity index (χ1) is 57.1. The normalized spacial score (nSPS) is 17.1. The average molecular weight is 1180 g/mol. The van der Waals surface area contributed by atoms with Crippen molar-refractivity contribution >= 4 is 148 Å². The van der Waals surface area contributed by atoms with Gasteiger partial charge in [0.1, 0.15) is 0 Å². The van der Waals surface area contributed by atoms with E-state index in [2.05, 4.69) is 0 Å². The minimum Gasteiger partial charge on any atom is -0.309 e.